The molecule has 0 atom stereocenters. The Hall–Kier alpha value is -1.45. The van der Waals surface area contributed by atoms with Gasteiger partial charge in [0, 0.05) is 11.8 Å². The summed E-state index contributed by atoms with van der Waals surface area (Å²) in [4.78, 5) is 14.5. The van der Waals surface area contributed by atoms with Gasteiger partial charge in [-0.05, 0) is 18.2 Å². The summed E-state index contributed by atoms with van der Waals surface area (Å²) in [5.41, 5.74) is 0.509. The minimum Gasteiger partial charge on any atom is -0.298 e. The van der Waals surface area contributed by atoms with Crippen LogP contribution in [0.2, 0.25) is 10.0 Å². The molecule has 0 fully saturated rings. The molecular weight excluding hydrogens is 264 g/mol. The highest BCUT2D eigenvalue weighted by molar-refractivity contribution is 6.42. The van der Waals surface area contributed by atoms with Gasteiger partial charge in [0.2, 0.25) is 0 Å². The van der Waals surface area contributed by atoms with Crippen molar-refractivity contribution < 1.29 is 9.18 Å². The third-order valence-electron chi connectivity index (χ3n) is 2.24. The fourth-order valence-electron chi connectivity index (χ4n) is 1.39. The smallest absolute Gasteiger partial charge is 0.159 e. The SMILES string of the molecule is O=Cc1ccnc(-c2ccc(Cl)c(Cl)c2)c1F. The molecule has 86 valence electrons. The molecule has 0 N–H and O–H groups in total. The highest BCUT2D eigenvalue weighted by Gasteiger charge is 2.12. The molecule has 0 aliphatic heterocycles. The number of aromatic nitrogens is 1. The second kappa shape index (κ2) is 4.82. The molecule has 2 nitrogen and oxygen atoms in total. The van der Waals surface area contributed by atoms with Crippen LogP contribution < -0.4 is 0 Å². The van der Waals surface area contributed by atoms with E-state index in [1.807, 2.05) is 0 Å². The molecule has 2 rings (SSSR count). The van der Waals surface area contributed by atoms with E-state index in [-0.39, 0.29) is 11.3 Å². The van der Waals surface area contributed by atoms with Crippen molar-refractivity contribution in [1.82, 2.24) is 4.98 Å². The largest absolute Gasteiger partial charge is 0.298 e. The van der Waals surface area contributed by atoms with Gasteiger partial charge < -0.3 is 0 Å². The first-order valence-electron chi connectivity index (χ1n) is 4.68. The first-order chi connectivity index (χ1) is 8.13. The molecule has 17 heavy (non-hydrogen) atoms. The van der Waals surface area contributed by atoms with Crippen LogP contribution in [0.1, 0.15) is 10.4 Å². The molecular formula is C12H6Cl2FNO. The number of hydrogen-bond donors (Lipinski definition) is 0. The third-order valence-corrected chi connectivity index (χ3v) is 2.98. The van der Waals surface area contributed by atoms with Crippen LogP contribution in [0.25, 0.3) is 11.3 Å². The first kappa shape index (κ1) is 12.0. The van der Waals surface area contributed by atoms with E-state index in [0.29, 0.717) is 21.9 Å². The zero-order valence-corrected chi connectivity index (χ0v) is 9.97. The van der Waals surface area contributed by atoms with E-state index in [4.69, 9.17) is 23.2 Å². The zero-order chi connectivity index (χ0) is 12.4. The Morgan fingerprint density at radius 3 is 2.59 bits per heavy atom. The molecule has 0 saturated heterocycles. The van der Waals surface area contributed by atoms with Gasteiger partial charge in [-0.25, -0.2) is 4.39 Å². The van der Waals surface area contributed by atoms with Gasteiger partial charge in [-0.3, -0.25) is 9.78 Å². The molecule has 2 aromatic rings. The van der Waals surface area contributed by atoms with E-state index in [1.54, 1.807) is 12.1 Å². The van der Waals surface area contributed by atoms with Crippen molar-refractivity contribution in [2.45, 2.75) is 0 Å². The van der Waals surface area contributed by atoms with Crippen LogP contribution in [0.4, 0.5) is 4.39 Å². The van der Waals surface area contributed by atoms with Crippen molar-refractivity contribution in [2.24, 2.45) is 0 Å². The van der Waals surface area contributed by atoms with Crippen LogP contribution in [-0.4, -0.2) is 11.3 Å². The number of nitrogens with zero attached hydrogens (tertiary/aromatic N) is 1. The van der Waals surface area contributed by atoms with E-state index in [2.05, 4.69) is 4.98 Å². The van der Waals surface area contributed by atoms with Gasteiger partial charge in [-0.1, -0.05) is 29.3 Å². The van der Waals surface area contributed by atoms with Crippen molar-refractivity contribution in [3.05, 3.63) is 51.9 Å². The number of halogens is 3. The van der Waals surface area contributed by atoms with E-state index >= 15 is 0 Å². The van der Waals surface area contributed by atoms with E-state index < -0.39 is 5.82 Å². The number of aldehydes is 1. The lowest BCUT2D eigenvalue weighted by Gasteiger charge is -2.05. The van der Waals surface area contributed by atoms with Gasteiger partial charge in [0.05, 0.1) is 15.6 Å². The van der Waals surface area contributed by atoms with Crippen LogP contribution in [0, 0.1) is 5.82 Å². The second-order valence-corrected chi connectivity index (χ2v) is 4.12. The highest BCUT2D eigenvalue weighted by atomic mass is 35.5. The Bertz CT molecular complexity index is 587. The molecule has 0 bridgehead atoms. The Kier molecular flexibility index (Phi) is 3.41. The van der Waals surface area contributed by atoms with E-state index in [9.17, 15) is 9.18 Å². The Balaban J connectivity index is 2.60. The summed E-state index contributed by atoms with van der Waals surface area (Å²) >= 11 is 11.6. The van der Waals surface area contributed by atoms with Gasteiger partial charge in [0.15, 0.2) is 12.1 Å². The lowest BCUT2D eigenvalue weighted by molar-refractivity contribution is 0.111. The maximum absolute atomic E-state index is 13.8. The fourth-order valence-corrected chi connectivity index (χ4v) is 1.69. The van der Waals surface area contributed by atoms with Crippen LogP contribution in [0.5, 0.6) is 0 Å². The van der Waals surface area contributed by atoms with Crippen molar-refractivity contribution in [2.75, 3.05) is 0 Å². The third kappa shape index (κ3) is 2.30. The summed E-state index contributed by atoms with van der Waals surface area (Å²) in [6.07, 6.45) is 1.81. The summed E-state index contributed by atoms with van der Waals surface area (Å²) in [6, 6.07) is 5.95. The van der Waals surface area contributed by atoms with Gasteiger partial charge in [-0.15, -0.1) is 0 Å². The molecule has 1 aromatic heterocycles. The maximum atomic E-state index is 13.8. The molecule has 0 saturated carbocycles. The van der Waals surface area contributed by atoms with Gasteiger partial charge in [-0.2, -0.15) is 0 Å². The van der Waals surface area contributed by atoms with E-state index in [0.717, 1.165) is 0 Å². The lowest BCUT2D eigenvalue weighted by Crippen LogP contribution is -1.95. The normalized spacial score (nSPS) is 10.3. The Morgan fingerprint density at radius 2 is 1.94 bits per heavy atom. The van der Waals surface area contributed by atoms with E-state index in [1.165, 1.54) is 18.3 Å². The molecule has 0 aliphatic carbocycles. The predicted octanol–water partition coefficient (Wildman–Crippen LogP) is 4.01. The summed E-state index contributed by atoms with van der Waals surface area (Å²) < 4.78 is 13.8. The van der Waals surface area contributed by atoms with Crippen molar-refractivity contribution in [3.8, 4) is 11.3 Å². The highest BCUT2D eigenvalue weighted by Crippen LogP contribution is 2.29. The average molecular weight is 270 g/mol. The molecule has 0 unspecified atom stereocenters. The molecule has 1 aromatic carbocycles. The summed E-state index contributed by atoms with van der Waals surface area (Å²) in [5, 5.41) is 0.684. The standard InChI is InChI=1S/C12H6Cl2FNO/c13-9-2-1-7(5-10(9)14)12-11(15)8(6-17)3-4-16-12/h1-6H. The number of carbonyl (C=O) groups is 1. The number of benzene rings is 1. The zero-order valence-electron chi connectivity index (χ0n) is 8.45. The number of hydrogen-bond acceptors (Lipinski definition) is 2. The molecule has 0 spiro atoms. The van der Waals surface area contributed by atoms with Crippen molar-refractivity contribution in [1.29, 1.82) is 0 Å². The summed E-state index contributed by atoms with van der Waals surface area (Å²) in [7, 11) is 0. The molecule has 0 amide bonds. The summed E-state index contributed by atoms with van der Waals surface area (Å²) in [5.74, 6) is -0.666. The minimum absolute atomic E-state index is 0.0407. The molecule has 0 radical (unpaired) electrons. The average Bonchev–Trinajstić information content (AvgIpc) is 2.33. The molecule has 5 heteroatoms. The second-order valence-electron chi connectivity index (χ2n) is 3.31. The lowest BCUT2D eigenvalue weighted by atomic mass is 10.1. The van der Waals surface area contributed by atoms with Crippen LogP contribution in [0.3, 0.4) is 0 Å². The topological polar surface area (TPSA) is 30.0 Å². The molecule has 0 aliphatic rings. The number of pyridine rings is 1. The summed E-state index contributed by atoms with van der Waals surface area (Å²) in [6.45, 7) is 0. The van der Waals surface area contributed by atoms with Crippen LogP contribution in [0.15, 0.2) is 30.5 Å². The van der Waals surface area contributed by atoms with Gasteiger partial charge in [0.1, 0.15) is 5.69 Å². The van der Waals surface area contributed by atoms with Gasteiger partial charge in [0.25, 0.3) is 0 Å². The Morgan fingerprint density at radius 1 is 1.18 bits per heavy atom. The van der Waals surface area contributed by atoms with Gasteiger partial charge >= 0.3 is 0 Å². The number of carbonyl (C=O) groups excluding carboxylic acids is 1. The number of rotatable bonds is 2. The minimum atomic E-state index is -0.666. The van der Waals surface area contributed by atoms with Crippen LogP contribution >= 0.6 is 23.2 Å². The van der Waals surface area contributed by atoms with Crippen molar-refractivity contribution in [3.63, 3.8) is 0 Å². The Labute approximate surface area is 107 Å². The molecule has 1 heterocycles. The quantitative estimate of drug-likeness (QED) is 0.772. The first-order valence-corrected chi connectivity index (χ1v) is 5.44. The maximum Gasteiger partial charge on any atom is 0.159 e. The monoisotopic (exact) mass is 269 g/mol. The predicted molar refractivity (Wildman–Crippen MR) is 65.0 cm³/mol. The van der Waals surface area contributed by atoms with Crippen molar-refractivity contribution >= 4 is 29.5 Å². The fraction of sp³-hybridized carbons (Fsp3) is 0. The van der Waals surface area contributed by atoms with Crippen LogP contribution in [-0.2, 0) is 0 Å².